The number of alkyl carbamates (subject to hydrolysis) is 2. The molecular weight excluding hydrogens is 795 g/mol. The summed E-state index contributed by atoms with van der Waals surface area (Å²) >= 11 is 0. The number of aromatic hydroxyl groups is 1. The summed E-state index contributed by atoms with van der Waals surface area (Å²) < 4.78 is 9.45. The minimum atomic E-state index is -0.820. The van der Waals surface area contributed by atoms with Crippen molar-refractivity contribution in [3.63, 3.8) is 0 Å². The Morgan fingerprint density at radius 2 is 1.23 bits per heavy atom. The smallest absolute Gasteiger partial charge is 0.407 e. The molecule has 0 radical (unpaired) electrons. The zero-order chi connectivity index (χ0) is 44.7. The number of phenolic OH excluding ortho intramolecular Hbond substituents is 1. The van der Waals surface area contributed by atoms with Crippen molar-refractivity contribution in [3.8, 4) is 5.75 Å². The Kier molecular flexibility index (Phi) is 14.8. The zero-order valence-electron chi connectivity index (χ0n) is 36.5. The Bertz CT molecular complexity index is 2020. The standard InChI is InChI=1S/C46H61N7O9/c1-27(2)39(49-45(59)61-5)43(57)51-25-7-9-37(51)41(55)47-31-15-11-29(12-16-31)35-23-24-36(53(35)33-19-21-34(54)22-20-33)30-13-17-32(18-14-30)48-42(56)38-10-8-26-52(38)44(58)40(28(3)4)50-46(60)62-6/h11-13,15-22,27-28,30,35-40,54H,7-10,14,23-26H2,1-6H3,(H,47,55)(H,48,56)(H,49,59)(H,50,60)/t30?,35-,36-,37+,38+,39+,40+/m1/s1. The number of phenols is 1. The second-order valence-corrected chi connectivity index (χ2v) is 17.2. The van der Waals surface area contributed by atoms with E-state index in [1.165, 1.54) is 14.2 Å². The molecule has 0 bridgehead atoms. The van der Waals surface area contributed by atoms with Gasteiger partial charge in [-0.15, -0.1) is 0 Å². The average Bonchev–Trinajstić information content (AvgIpc) is 4.06. The molecule has 1 unspecified atom stereocenters. The number of nitrogens with zero attached hydrogens (tertiary/aromatic N) is 3. The topological polar surface area (TPSA) is 199 Å². The van der Waals surface area contributed by atoms with E-state index in [4.69, 9.17) is 9.47 Å². The Morgan fingerprint density at radius 1 is 0.694 bits per heavy atom. The summed E-state index contributed by atoms with van der Waals surface area (Å²) in [7, 11) is 2.49. The number of allylic oxidation sites excluding steroid dienone is 2. The molecule has 3 heterocycles. The monoisotopic (exact) mass is 855 g/mol. The first-order chi connectivity index (χ1) is 29.7. The summed E-state index contributed by atoms with van der Waals surface area (Å²) in [6.45, 7) is 8.17. The molecule has 7 atom stereocenters. The second kappa shape index (κ2) is 20.2. The van der Waals surface area contributed by atoms with Crippen LogP contribution in [0.15, 0.2) is 72.5 Å². The van der Waals surface area contributed by atoms with Gasteiger partial charge in [-0.25, -0.2) is 9.59 Å². The third kappa shape index (κ3) is 10.3. The largest absolute Gasteiger partial charge is 0.508 e. The lowest BCUT2D eigenvalue weighted by atomic mass is 9.90. The third-order valence-electron chi connectivity index (χ3n) is 12.5. The quantitative estimate of drug-likeness (QED) is 0.175. The number of benzene rings is 2. The first-order valence-electron chi connectivity index (χ1n) is 21.7. The minimum Gasteiger partial charge on any atom is -0.508 e. The first kappa shape index (κ1) is 45.5. The summed E-state index contributed by atoms with van der Waals surface area (Å²) in [5.41, 5.74) is 3.30. The van der Waals surface area contributed by atoms with Crippen molar-refractivity contribution < 1.29 is 43.3 Å². The predicted molar refractivity (Wildman–Crippen MR) is 233 cm³/mol. The number of carbonyl (C=O) groups excluding carboxylic acids is 6. The zero-order valence-corrected chi connectivity index (χ0v) is 36.5. The van der Waals surface area contributed by atoms with Crippen LogP contribution in [0.4, 0.5) is 21.0 Å². The van der Waals surface area contributed by atoms with Gasteiger partial charge in [-0.2, -0.15) is 0 Å². The Balaban J connectivity index is 1.10. The van der Waals surface area contributed by atoms with Crippen molar-refractivity contribution in [1.82, 2.24) is 25.8 Å². The van der Waals surface area contributed by atoms with Crippen molar-refractivity contribution in [3.05, 3.63) is 78.0 Å². The molecule has 3 aliphatic heterocycles. The third-order valence-corrected chi connectivity index (χ3v) is 12.5. The maximum Gasteiger partial charge on any atom is 0.407 e. The fourth-order valence-corrected chi connectivity index (χ4v) is 9.20. The van der Waals surface area contributed by atoms with Gasteiger partial charge in [-0.1, -0.05) is 52.0 Å². The molecule has 6 amide bonds. The van der Waals surface area contributed by atoms with Gasteiger partial charge in [0.25, 0.3) is 0 Å². The number of anilines is 2. The molecular formula is C46H61N7O9. The van der Waals surface area contributed by atoms with E-state index in [1.807, 2.05) is 76.2 Å². The number of amides is 6. The van der Waals surface area contributed by atoms with Crippen molar-refractivity contribution in [2.45, 2.75) is 109 Å². The van der Waals surface area contributed by atoms with Crippen molar-refractivity contribution in [2.75, 3.05) is 37.5 Å². The van der Waals surface area contributed by atoms with Gasteiger partial charge in [-0.3, -0.25) is 19.2 Å². The molecule has 6 rings (SSSR count). The number of hydrogen-bond acceptors (Lipinski definition) is 10. The summed E-state index contributed by atoms with van der Waals surface area (Å²) in [5.74, 6) is -1.30. The summed E-state index contributed by atoms with van der Waals surface area (Å²) in [6.07, 6.45) is 9.49. The molecule has 0 saturated carbocycles. The Labute approximate surface area is 363 Å². The van der Waals surface area contributed by atoms with Gasteiger partial charge >= 0.3 is 12.2 Å². The predicted octanol–water partition coefficient (Wildman–Crippen LogP) is 5.36. The maximum absolute atomic E-state index is 13.6. The van der Waals surface area contributed by atoms with Crippen molar-refractivity contribution in [1.29, 1.82) is 0 Å². The first-order valence-corrected chi connectivity index (χ1v) is 21.7. The number of methoxy groups -OCH3 is 2. The summed E-state index contributed by atoms with van der Waals surface area (Å²) in [5, 5.41) is 21.4. The van der Waals surface area contributed by atoms with Crippen LogP contribution in [0.1, 0.15) is 84.2 Å². The number of nitrogens with one attached hydrogen (secondary N) is 4. The van der Waals surface area contributed by atoms with E-state index in [9.17, 15) is 33.9 Å². The number of rotatable bonds is 13. The fourth-order valence-electron chi connectivity index (χ4n) is 9.20. The Morgan fingerprint density at radius 3 is 1.71 bits per heavy atom. The normalized spacial score (nSPS) is 23.1. The molecule has 334 valence electrons. The molecule has 4 aliphatic rings. The van der Waals surface area contributed by atoms with Crippen LogP contribution in [0.3, 0.4) is 0 Å². The van der Waals surface area contributed by atoms with Crippen LogP contribution in [0.2, 0.25) is 0 Å². The molecule has 0 spiro atoms. The highest BCUT2D eigenvalue weighted by molar-refractivity contribution is 5.99. The number of hydrogen-bond donors (Lipinski definition) is 5. The van der Waals surface area contributed by atoms with Gasteiger partial charge in [0, 0.05) is 42.1 Å². The van der Waals surface area contributed by atoms with Crippen molar-refractivity contribution >= 4 is 47.2 Å². The van der Waals surface area contributed by atoms with E-state index in [0.717, 1.165) is 24.1 Å². The van der Waals surface area contributed by atoms with Crippen LogP contribution in [-0.4, -0.2) is 108 Å². The van der Waals surface area contributed by atoms with Gasteiger partial charge in [0.1, 0.15) is 29.9 Å². The molecule has 3 fully saturated rings. The molecule has 5 N–H and O–H groups in total. The lowest BCUT2D eigenvalue weighted by Gasteiger charge is -2.37. The second-order valence-electron chi connectivity index (χ2n) is 17.2. The lowest BCUT2D eigenvalue weighted by Crippen LogP contribution is -2.55. The van der Waals surface area contributed by atoms with Crippen LogP contribution in [0, 0.1) is 17.8 Å². The number of carbonyl (C=O) groups is 6. The van der Waals surface area contributed by atoms with Gasteiger partial charge in [0.05, 0.1) is 20.3 Å². The molecule has 0 aromatic heterocycles. The highest BCUT2D eigenvalue weighted by Crippen LogP contribution is 2.44. The van der Waals surface area contributed by atoms with E-state index in [-0.39, 0.29) is 59.2 Å². The summed E-state index contributed by atoms with van der Waals surface area (Å²) in [6, 6.07) is 12.1. The number of likely N-dealkylation sites (tertiary alicyclic amines) is 2. The van der Waals surface area contributed by atoms with E-state index in [2.05, 4.69) is 32.2 Å². The molecule has 2 aromatic carbocycles. The highest BCUT2D eigenvalue weighted by atomic mass is 16.5. The minimum absolute atomic E-state index is 0.000204. The summed E-state index contributed by atoms with van der Waals surface area (Å²) in [4.78, 5) is 83.7. The van der Waals surface area contributed by atoms with Crippen molar-refractivity contribution in [2.24, 2.45) is 17.8 Å². The SMILES string of the molecule is COC(=O)N[C@H](C(=O)N1CCC[C@H]1C(=O)NC1=CCC([C@H]2CC[C@H](c3ccc(NC(=O)[C@@H]4CCCN4C(=O)[C@@H](NC(=O)OC)C(C)C)cc3)N2c2ccc(O)cc2)C=C1)C(C)C. The lowest BCUT2D eigenvalue weighted by molar-refractivity contribution is -0.140. The van der Waals surface area contributed by atoms with Crippen LogP contribution in [0.5, 0.6) is 5.75 Å². The molecule has 3 saturated heterocycles. The molecule has 1 aliphatic carbocycles. The van der Waals surface area contributed by atoms with Gasteiger partial charge < -0.3 is 50.5 Å². The van der Waals surface area contributed by atoms with E-state index >= 15 is 0 Å². The van der Waals surface area contributed by atoms with Crippen LogP contribution >= 0.6 is 0 Å². The van der Waals surface area contributed by atoms with Gasteiger partial charge in [-0.05, 0) is 105 Å². The van der Waals surface area contributed by atoms with Crippen LogP contribution < -0.4 is 26.2 Å². The molecule has 16 heteroatoms. The van der Waals surface area contributed by atoms with E-state index < -0.39 is 36.4 Å². The molecule has 16 nitrogen and oxygen atoms in total. The highest BCUT2D eigenvalue weighted by Gasteiger charge is 2.42. The number of ether oxygens (including phenoxy) is 2. The Hall–Kier alpha value is -6.06. The van der Waals surface area contributed by atoms with Gasteiger partial charge in [0.15, 0.2) is 0 Å². The van der Waals surface area contributed by atoms with Crippen LogP contribution in [-0.2, 0) is 28.7 Å². The van der Waals surface area contributed by atoms with Crippen LogP contribution in [0.25, 0.3) is 0 Å². The molecule has 62 heavy (non-hydrogen) atoms. The van der Waals surface area contributed by atoms with E-state index in [0.29, 0.717) is 56.6 Å². The average molecular weight is 856 g/mol. The van der Waals surface area contributed by atoms with Gasteiger partial charge in [0.2, 0.25) is 23.6 Å². The fraction of sp³-hybridized carbons (Fsp3) is 0.522. The van der Waals surface area contributed by atoms with E-state index in [1.54, 1.807) is 21.9 Å². The molecule has 2 aromatic rings. The maximum atomic E-state index is 13.6.